The number of nitrogens with zero attached hydrogens (tertiary/aromatic N) is 1. The second-order valence-corrected chi connectivity index (χ2v) is 6.66. The minimum absolute atomic E-state index is 0.239. The molecule has 2 unspecified atom stereocenters. The maximum Gasteiger partial charge on any atom is 0.0410 e. The summed E-state index contributed by atoms with van der Waals surface area (Å²) in [7, 11) is 2.17. The van der Waals surface area contributed by atoms with Crippen LogP contribution in [0.1, 0.15) is 39.7 Å². The van der Waals surface area contributed by atoms with Gasteiger partial charge in [-0.05, 0) is 43.4 Å². The van der Waals surface area contributed by atoms with Crippen molar-refractivity contribution < 1.29 is 0 Å². The third-order valence-electron chi connectivity index (χ3n) is 4.01. The highest BCUT2D eigenvalue weighted by molar-refractivity contribution is 9.10. The predicted octanol–water partition coefficient (Wildman–Crippen LogP) is 4.21. The molecular formula is C16H27BrN2. The second kappa shape index (κ2) is 7.30. The van der Waals surface area contributed by atoms with Gasteiger partial charge >= 0.3 is 0 Å². The van der Waals surface area contributed by atoms with Crippen molar-refractivity contribution in [2.75, 3.05) is 11.9 Å². The molecule has 0 aliphatic rings. The van der Waals surface area contributed by atoms with Gasteiger partial charge in [0.2, 0.25) is 0 Å². The highest BCUT2D eigenvalue weighted by Crippen LogP contribution is 2.28. The fourth-order valence-electron chi connectivity index (χ4n) is 2.13. The molecule has 2 nitrogen and oxygen atoms in total. The van der Waals surface area contributed by atoms with Crippen LogP contribution in [0.5, 0.6) is 0 Å². The van der Waals surface area contributed by atoms with E-state index in [2.05, 4.69) is 73.8 Å². The van der Waals surface area contributed by atoms with E-state index in [1.54, 1.807) is 0 Å². The van der Waals surface area contributed by atoms with E-state index in [4.69, 9.17) is 5.73 Å². The van der Waals surface area contributed by atoms with Crippen LogP contribution in [-0.4, -0.2) is 19.1 Å². The minimum atomic E-state index is 0.239. The fourth-order valence-corrected chi connectivity index (χ4v) is 2.48. The van der Waals surface area contributed by atoms with Crippen molar-refractivity contribution in [3.63, 3.8) is 0 Å². The molecule has 0 fully saturated rings. The van der Waals surface area contributed by atoms with Gasteiger partial charge in [-0.25, -0.2) is 0 Å². The van der Waals surface area contributed by atoms with Crippen molar-refractivity contribution in [2.24, 2.45) is 11.7 Å². The average molecular weight is 327 g/mol. The summed E-state index contributed by atoms with van der Waals surface area (Å²) in [6.07, 6.45) is 1.95. The number of halogens is 1. The Kier molecular flexibility index (Phi) is 6.34. The first-order chi connectivity index (χ1) is 8.86. The van der Waals surface area contributed by atoms with Gasteiger partial charge in [-0.15, -0.1) is 0 Å². The fraction of sp³-hybridized carbons (Fsp3) is 0.625. The maximum atomic E-state index is 6.12. The van der Waals surface area contributed by atoms with Gasteiger partial charge < -0.3 is 10.6 Å². The van der Waals surface area contributed by atoms with E-state index in [1.807, 2.05) is 0 Å². The van der Waals surface area contributed by atoms with E-state index in [0.29, 0.717) is 12.0 Å². The first-order valence-corrected chi connectivity index (χ1v) is 7.92. The number of rotatable bonds is 6. The number of nitrogens with two attached hydrogens (primary N) is 1. The Morgan fingerprint density at radius 3 is 2.42 bits per heavy atom. The smallest absolute Gasteiger partial charge is 0.0410 e. The average Bonchev–Trinajstić information content (AvgIpc) is 2.38. The lowest BCUT2D eigenvalue weighted by atomic mass is 9.99. The van der Waals surface area contributed by atoms with Crippen LogP contribution in [0, 0.1) is 5.92 Å². The van der Waals surface area contributed by atoms with Gasteiger partial charge in [-0.1, -0.05) is 42.8 Å². The zero-order chi connectivity index (χ0) is 14.6. The largest absolute Gasteiger partial charge is 0.371 e. The molecule has 0 heterocycles. The summed E-state index contributed by atoms with van der Waals surface area (Å²) >= 11 is 3.58. The highest BCUT2D eigenvalue weighted by atomic mass is 79.9. The monoisotopic (exact) mass is 326 g/mol. The Labute approximate surface area is 126 Å². The van der Waals surface area contributed by atoms with Gasteiger partial charge in [0.25, 0.3) is 0 Å². The summed E-state index contributed by atoms with van der Waals surface area (Å²) in [6, 6.07) is 7.25. The lowest BCUT2D eigenvalue weighted by Crippen LogP contribution is -2.34. The molecule has 1 aromatic carbocycles. The molecule has 0 radical (unpaired) electrons. The molecule has 0 spiro atoms. The molecule has 1 aromatic rings. The Hall–Kier alpha value is -0.540. The van der Waals surface area contributed by atoms with Crippen molar-refractivity contribution in [2.45, 2.75) is 52.6 Å². The number of anilines is 1. The molecule has 2 atom stereocenters. The molecule has 19 heavy (non-hydrogen) atoms. The van der Waals surface area contributed by atoms with Crippen LogP contribution < -0.4 is 10.6 Å². The maximum absolute atomic E-state index is 6.12. The van der Waals surface area contributed by atoms with Crippen LogP contribution in [0.4, 0.5) is 5.69 Å². The molecule has 108 valence electrons. The molecule has 1 rings (SSSR count). The third-order valence-corrected chi connectivity index (χ3v) is 4.50. The second-order valence-electron chi connectivity index (χ2n) is 5.74. The molecule has 0 saturated heterocycles. The Morgan fingerprint density at radius 1 is 1.26 bits per heavy atom. The van der Waals surface area contributed by atoms with Gasteiger partial charge in [-0.3, -0.25) is 0 Å². The molecule has 0 aliphatic heterocycles. The van der Waals surface area contributed by atoms with E-state index < -0.39 is 0 Å². The zero-order valence-corrected chi connectivity index (χ0v) is 14.4. The number of hydrogen-bond acceptors (Lipinski definition) is 2. The van der Waals surface area contributed by atoms with Crippen molar-refractivity contribution in [3.8, 4) is 0 Å². The Balaban J connectivity index is 3.06. The van der Waals surface area contributed by atoms with Crippen LogP contribution in [0.25, 0.3) is 0 Å². The zero-order valence-electron chi connectivity index (χ0n) is 12.8. The highest BCUT2D eigenvalue weighted by Gasteiger charge is 2.17. The van der Waals surface area contributed by atoms with Crippen molar-refractivity contribution in [3.05, 3.63) is 28.2 Å². The van der Waals surface area contributed by atoms with Gasteiger partial charge in [0.15, 0.2) is 0 Å². The molecule has 0 saturated carbocycles. The molecule has 0 aromatic heterocycles. The van der Waals surface area contributed by atoms with Crippen LogP contribution in [-0.2, 0) is 6.42 Å². The normalized spacial score (nSPS) is 14.5. The number of hydrogen-bond donors (Lipinski definition) is 1. The molecule has 0 amide bonds. The first-order valence-electron chi connectivity index (χ1n) is 7.13. The van der Waals surface area contributed by atoms with Crippen LogP contribution >= 0.6 is 15.9 Å². The summed E-state index contributed by atoms with van der Waals surface area (Å²) in [4.78, 5) is 2.37. The molecular weight excluding hydrogens is 300 g/mol. The standard InChI is InChI=1S/C16H27BrN2/c1-6-15(18)9-13-7-8-14(17)10-16(13)19(5)12(4)11(2)3/h7-8,10-12,15H,6,9,18H2,1-5H3. The van der Waals surface area contributed by atoms with E-state index in [-0.39, 0.29) is 6.04 Å². The summed E-state index contributed by atoms with van der Waals surface area (Å²) < 4.78 is 1.12. The third kappa shape index (κ3) is 4.50. The predicted molar refractivity (Wildman–Crippen MR) is 88.8 cm³/mol. The minimum Gasteiger partial charge on any atom is -0.371 e. The molecule has 0 bridgehead atoms. The number of benzene rings is 1. The summed E-state index contributed by atoms with van der Waals surface area (Å²) in [5.74, 6) is 0.622. The van der Waals surface area contributed by atoms with E-state index >= 15 is 0 Å². The molecule has 3 heteroatoms. The van der Waals surface area contributed by atoms with E-state index in [9.17, 15) is 0 Å². The summed E-state index contributed by atoms with van der Waals surface area (Å²) in [6.45, 7) is 8.94. The van der Waals surface area contributed by atoms with E-state index in [1.165, 1.54) is 11.3 Å². The van der Waals surface area contributed by atoms with Crippen molar-refractivity contribution >= 4 is 21.6 Å². The Morgan fingerprint density at radius 2 is 1.89 bits per heavy atom. The molecule has 2 N–H and O–H groups in total. The topological polar surface area (TPSA) is 29.3 Å². The van der Waals surface area contributed by atoms with Crippen LogP contribution in [0.3, 0.4) is 0 Å². The lowest BCUT2D eigenvalue weighted by Gasteiger charge is -2.32. The molecule has 0 aliphatic carbocycles. The van der Waals surface area contributed by atoms with Crippen molar-refractivity contribution in [1.82, 2.24) is 0 Å². The quantitative estimate of drug-likeness (QED) is 0.848. The van der Waals surface area contributed by atoms with Gasteiger partial charge in [0, 0.05) is 29.3 Å². The summed E-state index contributed by atoms with van der Waals surface area (Å²) in [5, 5.41) is 0. The van der Waals surface area contributed by atoms with Crippen LogP contribution in [0.2, 0.25) is 0 Å². The van der Waals surface area contributed by atoms with Crippen LogP contribution in [0.15, 0.2) is 22.7 Å². The van der Waals surface area contributed by atoms with Gasteiger partial charge in [0.05, 0.1) is 0 Å². The van der Waals surface area contributed by atoms with Crippen molar-refractivity contribution in [1.29, 1.82) is 0 Å². The van der Waals surface area contributed by atoms with Gasteiger partial charge in [0.1, 0.15) is 0 Å². The SMILES string of the molecule is CCC(N)Cc1ccc(Br)cc1N(C)C(C)C(C)C. The summed E-state index contributed by atoms with van der Waals surface area (Å²) in [5.41, 5.74) is 8.75. The first kappa shape index (κ1) is 16.5. The van der Waals surface area contributed by atoms with E-state index in [0.717, 1.165) is 17.3 Å². The lowest BCUT2D eigenvalue weighted by molar-refractivity contribution is 0.504. The van der Waals surface area contributed by atoms with Gasteiger partial charge in [-0.2, -0.15) is 0 Å². The Bertz CT molecular complexity index is 404.